The average Bonchev–Trinajstić information content (AvgIpc) is 2.35. The van der Waals surface area contributed by atoms with Crippen LogP contribution in [0.5, 0.6) is 0 Å². The highest BCUT2D eigenvalue weighted by atomic mass is 35.5. The Morgan fingerprint density at radius 1 is 1.39 bits per heavy atom. The lowest BCUT2D eigenvalue weighted by Crippen LogP contribution is -2.26. The SMILES string of the molecule is COCCCNC(=O)CCNc1cccc(Cl)c1. The normalized spacial score (nSPS) is 10.1. The van der Waals surface area contributed by atoms with Crippen LogP contribution in [-0.2, 0) is 9.53 Å². The Hall–Kier alpha value is -1.26. The lowest BCUT2D eigenvalue weighted by atomic mass is 10.3. The van der Waals surface area contributed by atoms with Crippen molar-refractivity contribution in [2.75, 3.05) is 32.1 Å². The van der Waals surface area contributed by atoms with Crippen molar-refractivity contribution >= 4 is 23.2 Å². The molecule has 1 rings (SSSR count). The molecule has 0 heterocycles. The first-order chi connectivity index (χ1) is 8.72. The fraction of sp³-hybridized carbons (Fsp3) is 0.462. The number of hydrogen-bond acceptors (Lipinski definition) is 3. The quantitative estimate of drug-likeness (QED) is 0.713. The maximum absolute atomic E-state index is 11.4. The highest BCUT2D eigenvalue weighted by Crippen LogP contribution is 2.14. The molecule has 0 aliphatic heterocycles. The molecule has 1 aromatic rings. The zero-order valence-corrected chi connectivity index (χ0v) is 11.3. The third-order valence-corrected chi connectivity index (χ3v) is 2.59. The van der Waals surface area contributed by atoms with Gasteiger partial charge in [-0.3, -0.25) is 4.79 Å². The highest BCUT2D eigenvalue weighted by Gasteiger charge is 2.00. The van der Waals surface area contributed by atoms with Crippen molar-refractivity contribution in [2.24, 2.45) is 0 Å². The van der Waals surface area contributed by atoms with Crippen LogP contribution in [0.4, 0.5) is 5.69 Å². The third kappa shape index (κ3) is 6.47. The summed E-state index contributed by atoms with van der Waals surface area (Å²) in [4.78, 5) is 11.4. The first-order valence-corrected chi connectivity index (χ1v) is 6.35. The Morgan fingerprint density at radius 3 is 2.94 bits per heavy atom. The second-order valence-corrected chi connectivity index (χ2v) is 4.32. The minimum absolute atomic E-state index is 0.0423. The molecule has 1 aromatic carbocycles. The topological polar surface area (TPSA) is 50.4 Å². The number of hydrogen-bond donors (Lipinski definition) is 2. The summed E-state index contributed by atoms with van der Waals surface area (Å²) in [6.45, 7) is 1.92. The van der Waals surface area contributed by atoms with E-state index in [1.807, 2.05) is 24.3 Å². The molecule has 0 spiro atoms. The number of carbonyl (C=O) groups is 1. The fourth-order valence-electron chi connectivity index (χ4n) is 1.45. The van der Waals surface area contributed by atoms with Crippen LogP contribution in [0.15, 0.2) is 24.3 Å². The monoisotopic (exact) mass is 270 g/mol. The number of anilines is 1. The Balaban J connectivity index is 2.12. The van der Waals surface area contributed by atoms with Gasteiger partial charge in [0.15, 0.2) is 0 Å². The van der Waals surface area contributed by atoms with E-state index in [2.05, 4.69) is 10.6 Å². The molecular formula is C13H19ClN2O2. The summed E-state index contributed by atoms with van der Waals surface area (Å²) >= 11 is 5.85. The summed E-state index contributed by atoms with van der Waals surface area (Å²) in [7, 11) is 1.65. The molecule has 0 radical (unpaired) electrons. The molecule has 0 aliphatic rings. The zero-order chi connectivity index (χ0) is 13.2. The van der Waals surface area contributed by atoms with Gasteiger partial charge in [0.2, 0.25) is 5.91 Å². The second-order valence-electron chi connectivity index (χ2n) is 3.88. The highest BCUT2D eigenvalue weighted by molar-refractivity contribution is 6.30. The summed E-state index contributed by atoms with van der Waals surface area (Å²) < 4.78 is 4.90. The smallest absolute Gasteiger partial charge is 0.221 e. The van der Waals surface area contributed by atoms with Gasteiger partial charge >= 0.3 is 0 Å². The van der Waals surface area contributed by atoms with E-state index in [0.717, 1.165) is 12.1 Å². The molecular weight excluding hydrogens is 252 g/mol. The number of carbonyl (C=O) groups excluding carboxylic acids is 1. The van der Waals surface area contributed by atoms with Gasteiger partial charge in [0.05, 0.1) is 0 Å². The van der Waals surface area contributed by atoms with Crippen molar-refractivity contribution in [1.82, 2.24) is 5.32 Å². The Morgan fingerprint density at radius 2 is 2.22 bits per heavy atom. The Kier molecular flexibility index (Phi) is 7.22. The minimum atomic E-state index is 0.0423. The molecule has 100 valence electrons. The summed E-state index contributed by atoms with van der Waals surface area (Å²) in [6, 6.07) is 7.44. The maximum Gasteiger partial charge on any atom is 0.221 e. The molecule has 0 atom stereocenters. The summed E-state index contributed by atoms with van der Waals surface area (Å²) in [5.41, 5.74) is 0.926. The van der Waals surface area contributed by atoms with Crippen LogP contribution in [0.25, 0.3) is 0 Å². The van der Waals surface area contributed by atoms with Gasteiger partial charge in [-0.2, -0.15) is 0 Å². The Labute approximate surface area is 113 Å². The number of halogens is 1. The number of benzene rings is 1. The first kappa shape index (κ1) is 14.8. The summed E-state index contributed by atoms with van der Waals surface area (Å²) in [6.07, 6.45) is 1.28. The molecule has 0 bridgehead atoms. The van der Waals surface area contributed by atoms with Crippen molar-refractivity contribution < 1.29 is 9.53 Å². The standard InChI is InChI=1S/C13H19ClN2O2/c1-18-9-3-7-16-13(17)6-8-15-12-5-2-4-11(14)10-12/h2,4-5,10,15H,3,6-9H2,1H3,(H,16,17). The van der Waals surface area contributed by atoms with Crippen molar-refractivity contribution in [3.8, 4) is 0 Å². The number of methoxy groups -OCH3 is 1. The first-order valence-electron chi connectivity index (χ1n) is 5.97. The zero-order valence-electron chi connectivity index (χ0n) is 10.5. The molecule has 5 heteroatoms. The van der Waals surface area contributed by atoms with Crippen LogP contribution in [0.2, 0.25) is 5.02 Å². The number of rotatable bonds is 8. The Bertz CT molecular complexity index is 372. The van der Waals surface area contributed by atoms with Gasteiger partial charge in [-0.1, -0.05) is 17.7 Å². The van der Waals surface area contributed by atoms with Crippen LogP contribution in [0, 0.1) is 0 Å². The van der Waals surface area contributed by atoms with Gasteiger partial charge in [0.25, 0.3) is 0 Å². The van der Waals surface area contributed by atoms with Gasteiger partial charge in [0, 0.05) is 43.9 Å². The number of ether oxygens (including phenoxy) is 1. The summed E-state index contributed by atoms with van der Waals surface area (Å²) in [5, 5.41) is 6.66. The molecule has 2 N–H and O–H groups in total. The van der Waals surface area contributed by atoms with E-state index < -0.39 is 0 Å². The van der Waals surface area contributed by atoms with Crippen LogP contribution in [0.1, 0.15) is 12.8 Å². The van der Waals surface area contributed by atoms with E-state index in [1.54, 1.807) is 7.11 Å². The van der Waals surface area contributed by atoms with Crippen molar-refractivity contribution in [3.63, 3.8) is 0 Å². The lowest BCUT2D eigenvalue weighted by molar-refractivity contribution is -0.120. The van der Waals surface area contributed by atoms with Crippen LogP contribution >= 0.6 is 11.6 Å². The molecule has 0 saturated heterocycles. The van der Waals surface area contributed by atoms with E-state index >= 15 is 0 Å². The van der Waals surface area contributed by atoms with Crippen LogP contribution < -0.4 is 10.6 Å². The fourth-order valence-corrected chi connectivity index (χ4v) is 1.64. The number of amides is 1. The largest absolute Gasteiger partial charge is 0.385 e. The second kappa shape index (κ2) is 8.78. The molecule has 0 aromatic heterocycles. The van der Waals surface area contributed by atoms with E-state index in [-0.39, 0.29) is 5.91 Å². The van der Waals surface area contributed by atoms with E-state index in [4.69, 9.17) is 16.3 Å². The van der Waals surface area contributed by atoms with Gasteiger partial charge in [-0.05, 0) is 24.6 Å². The molecule has 18 heavy (non-hydrogen) atoms. The van der Waals surface area contributed by atoms with Gasteiger partial charge in [0.1, 0.15) is 0 Å². The van der Waals surface area contributed by atoms with E-state index in [1.165, 1.54) is 0 Å². The molecule has 1 amide bonds. The summed E-state index contributed by atoms with van der Waals surface area (Å²) in [5.74, 6) is 0.0423. The van der Waals surface area contributed by atoms with Gasteiger partial charge in [-0.25, -0.2) is 0 Å². The third-order valence-electron chi connectivity index (χ3n) is 2.35. The molecule has 0 unspecified atom stereocenters. The van der Waals surface area contributed by atoms with Gasteiger partial charge in [-0.15, -0.1) is 0 Å². The minimum Gasteiger partial charge on any atom is -0.385 e. The van der Waals surface area contributed by atoms with E-state index in [9.17, 15) is 4.79 Å². The van der Waals surface area contributed by atoms with Crippen LogP contribution in [0.3, 0.4) is 0 Å². The van der Waals surface area contributed by atoms with Crippen LogP contribution in [-0.4, -0.2) is 32.7 Å². The molecule has 0 fully saturated rings. The predicted octanol–water partition coefficient (Wildman–Crippen LogP) is 2.29. The molecule has 4 nitrogen and oxygen atoms in total. The van der Waals surface area contributed by atoms with Crippen molar-refractivity contribution in [3.05, 3.63) is 29.3 Å². The predicted molar refractivity (Wildman–Crippen MR) is 74.1 cm³/mol. The van der Waals surface area contributed by atoms with Gasteiger partial charge < -0.3 is 15.4 Å². The lowest BCUT2D eigenvalue weighted by Gasteiger charge is -2.07. The average molecular weight is 271 g/mol. The number of nitrogens with one attached hydrogen (secondary N) is 2. The van der Waals surface area contributed by atoms with E-state index in [0.29, 0.717) is 31.1 Å². The molecule has 0 aliphatic carbocycles. The maximum atomic E-state index is 11.4. The molecule has 0 saturated carbocycles. The van der Waals surface area contributed by atoms with Crippen molar-refractivity contribution in [1.29, 1.82) is 0 Å². The van der Waals surface area contributed by atoms with Crippen molar-refractivity contribution in [2.45, 2.75) is 12.8 Å².